The predicted molar refractivity (Wildman–Crippen MR) is 88.4 cm³/mol. The second-order valence-corrected chi connectivity index (χ2v) is 5.85. The van der Waals surface area contributed by atoms with E-state index in [2.05, 4.69) is 35.1 Å². The molecule has 1 aromatic carbocycles. The van der Waals surface area contributed by atoms with Crippen LogP contribution in [0, 0.1) is 12.3 Å². The highest BCUT2D eigenvalue weighted by atomic mass is 16.1. The Labute approximate surface area is 131 Å². The van der Waals surface area contributed by atoms with E-state index in [0.717, 1.165) is 18.4 Å². The van der Waals surface area contributed by atoms with Gasteiger partial charge in [-0.05, 0) is 35.6 Å². The van der Waals surface area contributed by atoms with E-state index in [9.17, 15) is 4.79 Å². The number of nitrogens with zero attached hydrogens (tertiary/aromatic N) is 2. The molecule has 0 fully saturated rings. The topological polar surface area (TPSA) is 25.2 Å². The lowest BCUT2D eigenvalue weighted by atomic mass is 10.1. The van der Waals surface area contributed by atoms with E-state index in [1.54, 1.807) is 17.7 Å². The Morgan fingerprint density at radius 1 is 1.36 bits per heavy atom. The first-order valence-electron chi connectivity index (χ1n) is 7.60. The Morgan fingerprint density at radius 3 is 2.95 bits per heavy atom. The van der Waals surface area contributed by atoms with Gasteiger partial charge in [0.05, 0.1) is 6.54 Å². The van der Waals surface area contributed by atoms with Crippen LogP contribution in [-0.4, -0.2) is 16.0 Å². The Bertz CT molecular complexity index is 769. The molecule has 3 nitrogen and oxygen atoms in total. The highest BCUT2D eigenvalue weighted by molar-refractivity contribution is 5.34. The van der Waals surface area contributed by atoms with Crippen molar-refractivity contribution >= 4 is 0 Å². The van der Waals surface area contributed by atoms with Gasteiger partial charge in [0.25, 0.3) is 5.56 Å². The predicted octanol–water partition coefficient (Wildman–Crippen LogP) is 2.51. The summed E-state index contributed by atoms with van der Waals surface area (Å²) in [5.74, 6) is 2.76. The number of benzene rings is 1. The molecule has 1 aromatic heterocycles. The lowest BCUT2D eigenvalue weighted by Gasteiger charge is -2.28. The molecule has 1 aliphatic carbocycles. The summed E-state index contributed by atoms with van der Waals surface area (Å²) in [7, 11) is 1.76. The molecule has 2 aromatic rings. The number of terminal acetylenes is 1. The van der Waals surface area contributed by atoms with Crippen LogP contribution in [0.4, 0.5) is 0 Å². The van der Waals surface area contributed by atoms with Gasteiger partial charge >= 0.3 is 0 Å². The highest BCUT2D eigenvalue weighted by Gasteiger charge is 2.27. The molecule has 0 amide bonds. The standard InChI is InChI=1S/C19H20N2O/c1-3-11-21(14-15-10-12-20(2)19(22)13-15)18-9-8-16-6-4-5-7-17(16)18/h1,4-7,10,12-13,18H,8-9,11,14H2,2H3. The van der Waals surface area contributed by atoms with E-state index in [4.69, 9.17) is 6.42 Å². The number of fused-ring (bicyclic) bond motifs is 1. The Hall–Kier alpha value is -2.31. The maximum atomic E-state index is 11.8. The number of pyridine rings is 1. The Kier molecular flexibility index (Phi) is 4.13. The number of aromatic nitrogens is 1. The summed E-state index contributed by atoms with van der Waals surface area (Å²) in [5.41, 5.74) is 3.83. The molecule has 0 radical (unpaired) electrons. The fourth-order valence-electron chi connectivity index (χ4n) is 3.23. The number of aryl methyl sites for hydroxylation is 2. The van der Waals surface area contributed by atoms with Crippen molar-refractivity contribution < 1.29 is 0 Å². The lowest BCUT2D eigenvalue weighted by molar-refractivity contribution is 0.213. The molecule has 1 unspecified atom stereocenters. The molecular formula is C19H20N2O. The van der Waals surface area contributed by atoms with Crippen LogP contribution in [0.2, 0.25) is 0 Å². The van der Waals surface area contributed by atoms with Crippen LogP contribution in [0.15, 0.2) is 47.4 Å². The summed E-state index contributed by atoms with van der Waals surface area (Å²) in [6.07, 6.45) is 9.57. The minimum absolute atomic E-state index is 0.0185. The first kappa shape index (κ1) is 14.6. The fraction of sp³-hybridized carbons (Fsp3) is 0.316. The summed E-state index contributed by atoms with van der Waals surface area (Å²) >= 11 is 0. The Morgan fingerprint density at radius 2 is 2.18 bits per heavy atom. The molecule has 3 rings (SSSR count). The van der Waals surface area contributed by atoms with E-state index < -0.39 is 0 Å². The van der Waals surface area contributed by atoms with Crippen molar-refractivity contribution in [1.29, 1.82) is 0 Å². The van der Waals surface area contributed by atoms with Gasteiger partial charge in [-0.15, -0.1) is 6.42 Å². The molecule has 22 heavy (non-hydrogen) atoms. The molecule has 1 aliphatic rings. The van der Waals surface area contributed by atoms with Crippen LogP contribution >= 0.6 is 0 Å². The van der Waals surface area contributed by atoms with Crippen LogP contribution in [0.1, 0.15) is 29.2 Å². The largest absolute Gasteiger partial charge is 0.319 e. The molecule has 0 saturated carbocycles. The van der Waals surface area contributed by atoms with Crippen molar-refractivity contribution in [1.82, 2.24) is 9.47 Å². The van der Waals surface area contributed by atoms with E-state index in [1.165, 1.54) is 11.1 Å². The minimum atomic E-state index is 0.0185. The molecule has 0 saturated heterocycles. The summed E-state index contributed by atoms with van der Waals surface area (Å²) in [6.45, 7) is 1.30. The van der Waals surface area contributed by atoms with Crippen LogP contribution in [0.25, 0.3) is 0 Å². The van der Waals surface area contributed by atoms with Gasteiger partial charge in [0.1, 0.15) is 0 Å². The van der Waals surface area contributed by atoms with Gasteiger partial charge in [-0.1, -0.05) is 30.2 Å². The normalized spacial score (nSPS) is 16.5. The fourth-order valence-corrected chi connectivity index (χ4v) is 3.23. The molecule has 0 bridgehead atoms. The third-order valence-electron chi connectivity index (χ3n) is 4.39. The zero-order valence-corrected chi connectivity index (χ0v) is 12.8. The second kappa shape index (κ2) is 6.21. The third-order valence-corrected chi connectivity index (χ3v) is 4.39. The number of hydrogen-bond acceptors (Lipinski definition) is 2. The van der Waals surface area contributed by atoms with Gasteiger partial charge in [-0.25, -0.2) is 0 Å². The molecule has 112 valence electrons. The van der Waals surface area contributed by atoms with Crippen LogP contribution in [-0.2, 0) is 20.0 Å². The molecule has 3 heteroatoms. The monoisotopic (exact) mass is 292 g/mol. The van der Waals surface area contributed by atoms with Gasteiger partial charge in [0, 0.05) is 31.9 Å². The van der Waals surface area contributed by atoms with E-state index >= 15 is 0 Å². The van der Waals surface area contributed by atoms with Gasteiger partial charge in [0.2, 0.25) is 0 Å². The molecular weight excluding hydrogens is 272 g/mol. The second-order valence-electron chi connectivity index (χ2n) is 5.85. The first-order valence-corrected chi connectivity index (χ1v) is 7.60. The lowest BCUT2D eigenvalue weighted by Crippen LogP contribution is -2.28. The molecule has 0 spiro atoms. The number of hydrogen-bond donors (Lipinski definition) is 0. The minimum Gasteiger partial charge on any atom is -0.319 e. The van der Waals surface area contributed by atoms with Gasteiger partial charge < -0.3 is 4.57 Å². The van der Waals surface area contributed by atoms with E-state index in [1.807, 2.05) is 12.3 Å². The average molecular weight is 292 g/mol. The summed E-state index contributed by atoms with van der Waals surface area (Å²) in [4.78, 5) is 14.1. The maximum absolute atomic E-state index is 11.8. The van der Waals surface area contributed by atoms with Gasteiger partial charge in [-0.2, -0.15) is 0 Å². The Balaban J connectivity index is 1.86. The quantitative estimate of drug-likeness (QED) is 0.809. The van der Waals surface area contributed by atoms with Crippen molar-refractivity contribution in [2.45, 2.75) is 25.4 Å². The molecule has 1 atom stereocenters. The summed E-state index contributed by atoms with van der Waals surface area (Å²) in [6, 6.07) is 12.6. The van der Waals surface area contributed by atoms with E-state index in [0.29, 0.717) is 19.1 Å². The van der Waals surface area contributed by atoms with Crippen molar-refractivity contribution in [3.63, 3.8) is 0 Å². The van der Waals surface area contributed by atoms with E-state index in [-0.39, 0.29) is 5.56 Å². The molecule has 1 heterocycles. The highest BCUT2D eigenvalue weighted by Crippen LogP contribution is 2.36. The van der Waals surface area contributed by atoms with Crippen molar-refractivity contribution in [3.05, 3.63) is 69.6 Å². The number of rotatable bonds is 4. The van der Waals surface area contributed by atoms with Crippen LogP contribution in [0.5, 0.6) is 0 Å². The zero-order chi connectivity index (χ0) is 15.5. The molecule has 0 aliphatic heterocycles. The van der Waals surface area contributed by atoms with Gasteiger partial charge in [0.15, 0.2) is 0 Å². The van der Waals surface area contributed by atoms with Crippen molar-refractivity contribution in [3.8, 4) is 12.3 Å². The smallest absolute Gasteiger partial charge is 0.250 e. The van der Waals surface area contributed by atoms with Crippen molar-refractivity contribution in [2.24, 2.45) is 7.05 Å². The molecule has 0 N–H and O–H groups in total. The SMILES string of the molecule is C#CCN(Cc1ccn(C)c(=O)c1)C1CCc2ccccc21. The first-order chi connectivity index (χ1) is 10.7. The maximum Gasteiger partial charge on any atom is 0.250 e. The zero-order valence-electron chi connectivity index (χ0n) is 12.8. The van der Waals surface area contributed by atoms with Crippen LogP contribution in [0.3, 0.4) is 0 Å². The van der Waals surface area contributed by atoms with Crippen molar-refractivity contribution in [2.75, 3.05) is 6.54 Å². The third kappa shape index (κ3) is 2.84. The van der Waals surface area contributed by atoms with Crippen LogP contribution < -0.4 is 5.56 Å². The average Bonchev–Trinajstić information content (AvgIpc) is 2.94. The summed E-state index contributed by atoms with van der Waals surface area (Å²) < 4.78 is 1.58. The van der Waals surface area contributed by atoms with Gasteiger partial charge in [-0.3, -0.25) is 9.69 Å². The summed E-state index contributed by atoms with van der Waals surface area (Å²) in [5, 5.41) is 0.